The molecule has 0 spiro atoms. The molecule has 0 aliphatic carbocycles. The van der Waals surface area contributed by atoms with Crippen molar-refractivity contribution in [1.29, 1.82) is 0 Å². The molecule has 3 aromatic rings. The zero-order valence-corrected chi connectivity index (χ0v) is 20.4. The third-order valence-corrected chi connectivity index (χ3v) is 7.19. The van der Waals surface area contributed by atoms with E-state index in [1.54, 1.807) is 24.7 Å². The Bertz CT molecular complexity index is 1230. The lowest BCUT2D eigenvalue weighted by Crippen LogP contribution is -2.52. The lowest BCUT2D eigenvalue weighted by atomic mass is 9.99. The third kappa shape index (κ3) is 5.00. The van der Waals surface area contributed by atoms with Gasteiger partial charge in [-0.05, 0) is 19.9 Å². The second kappa shape index (κ2) is 9.88. The normalized spacial score (nSPS) is 21.6. The average Bonchev–Trinajstić information content (AvgIpc) is 2.85. The lowest BCUT2D eigenvalue weighted by molar-refractivity contribution is 0.218. The van der Waals surface area contributed by atoms with Gasteiger partial charge in [-0.15, -0.1) is 0 Å². The second-order valence-corrected chi connectivity index (χ2v) is 9.75. The summed E-state index contributed by atoms with van der Waals surface area (Å²) in [5.74, 6) is 1.14. The van der Waals surface area contributed by atoms with Gasteiger partial charge in [-0.25, -0.2) is 29.1 Å². The molecule has 5 rings (SSSR count). The topological polar surface area (TPSA) is 111 Å². The van der Waals surface area contributed by atoms with Crippen molar-refractivity contribution in [2.45, 2.75) is 32.4 Å². The van der Waals surface area contributed by atoms with E-state index >= 15 is 0 Å². The Kier molecular flexibility index (Phi) is 6.67. The van der Waals surface area contributed by atoms with Crippen LogP contribution in [0, 0.1) is 5.95 Å². The SMILES string of the molecule is CC1CN(c2cc(F)nc(N3CCc4nc(-c5ncccn5)ncc4C3C)c2)CCN1CS(=O)O. The van der Waals surface area contributed by atoms with E-state index in [1.165, 1.54) is 6.07 Å². The molecule has 3 atom stereocenters. The number of nitrogens with zero attached hydrogens (tertiary/aromatic N) is 8. The first-order valence-electron chi connectivity index (χ1n) is 11.5. The van der Waals surface area contributed by atoms with E-state index in [0.29, 0.717) is 50.1 Å². The summed E-state index contributed by atoms with van der Waals surface area (Å²) >= 11 is -1.87. The smallest absolute Gasteiger partial charge is 0.216 e. The van der Waals surface area contributed by atoms with Crippen molar-refractivity contribution < 1.29 is 13.2 Å². The summed E-state index contributed by atoms with van der Waals surface area (Å²) in [7, 11) is 0. The number of pyridine rings is 1. The van der Waals surface area contributed by atoms with E-state index in [1.807, 2.05) is 24.8 Å². The summed E-state index contributed by atoms with van der Waals surface area (Å²) in [5, 5.41) is 0. The minimum atomic E-state index is -1.87. The molecule has 184 valence electrons. The van der Waals surface area contributed by atoms with Gasteiger partial charge in [0.15, 0.2) is 22.7 Å². The highest BCUT2D eigenvalue weighted by molar-refractivity contribution is 7.79. The average molecular weight is 499 g/mol. The molecule has 2 aliphatic rings. The number of aromatic nitrogens is 5. The molecule has 1 N–H and O–H groups in total. The lowest BCUT2D eigenvalue weighted by Gasteiger charge is -2.41. The highest BCUT2D eigenvalue weighted by Gasteiger charge is 2.29. The van der Waals surface area contributed by atoms with Crippen molar-refractivity contribution >= 4 is 22.6 Å². The first kappa shape index (κ1) is 23.6. The molecule has 0 aromatic carbocycles. The Labute approximate surface area is 205 Å². The molecule has 0 saturated carbocycles. The summed E-state index contributed by atoms with van der Waals surface area (Å²) < 4.78 is 35.1. The molecule has 2 aliphatic heterocycles. The zero-order valence-electron chi connectivity index (χ0n) is 19.6. The van der Waals surface area contributed by atoms with E-state index in [9.17, 15) is 13.2 Å². The fourth-order valence-electron chi connectivity index (χ4n) is 4.76. The predicted molar refractivity (Wildman–Crippen MR) is 131 cm³/mol. The van der Waals surface area contributed by atoms with Gasteiger partial charge in [-0.3, -0.25) is 4.90 Å². The Hall–Kier alpha value is -3.09. The van der Waals surface area contributed by atoms with E-state index in [-0.39, 0.29) is 18.0 Å². The number of rotatable bonds is 5. The van der Waals surface area contributed by atoms with Crippen LogP contribution in [0.1, 0.15) is 31.1 Å². The Morgan fingerprint density at radius 1 is 1.09 bits per heavy atom. The summed E-state index contributed by atoms with van der Waals surface area (Å²) in [4.78, 5) is 28.0. The van der Waals surface area contributed by atoms with Gasteiger partial charge in [0.2, 0.25) is 5.95 Å². The molecular formula is C23H27FN8O2S. The first-order valence-corrected chi connectivity index (χ1v) is 12.8. The van der Waals surface area contributed by atoms with Crippen LogP contribution in [0.25, 0.3) is 11.6 Å². The molecule has 0 radical (unpaired) electrons. The van der Waals surface area contributed by atoms with Crippen LogP contribution in [0.4, 0.5) is 15.9 Å². The van der Waals surface area contributed by atoms with Crippen LogP contribution in [-0.4, -0.2) is 76.7 Å². The van der Waals surface area contributed by atoms with Gasteiger partial charge in [0.05, 0.1) is 11.7 Å². The van der Waals surface area contributed by atoms with Gasteiger partial charge in [-0.1, -0.05) is 0 Å². The van der Waals surface area contributed by atoms with Gasteiger partial charge in [0.1, 0.15) is 11.7 Å². The summed E-state index contributed by atoms with van der Waals surface area (Å²) in [6.45, 7) is 6.60. The number of piperazine rings is 1. The number of fused-ring (bicyclic) bond motifs is 1. The monoisotopic (exact) mass is 498 g/mol. The van der Waals surface area contributed by atoms with Gasteiger partial charge in [0.25, 0.3) is 0 Å². The molecule has 35 heavy (non-hydrogen) atoms. The molecule has 1 fully saturated rings. The van der Waals surface area contributed by atoms with Crippen LogP contribution >= 0.6 is 0 Å². The van der Waals surface area contributed by atoms with Crippen molar-refractivity contribution in [3.63, 3.8) is 0 Å². The van der Waals surface area contributed by atoms with Crippen LogP contribution in [0.3, 0.4) is 0 Å². The largest absolute Gasteiger partial charge is 0.368 e. The maximum atomic E-state index is 14.7. The van der Waals surface area contributed by atoms with Gasteiger partial charge in [0, 0.05) is 80.6 Å². The Morgan fingerprint density at radius 3 is 2.63 bits per heavy atom. The highest BCUT2D eigenvalue weighted by atomic mass is 32.2. The fraction of sp³-hybridized carbons (Fsp3) is 0.435. The summed E-state index contributed by atoms with van der Waals surface area (Å²) in [6, 6.07) is 5.11. The Morgan fingerprint density at radius 2 is 1.89 bits per heavy atom. The van der Waals surface area contributed by atoms with E-state index in [0.717, 1.165) is 16.9 Å². The number of halogens is 1. The van der Waals surface area contributed by atoms with Crippen molar-refractivity contribution in [3.05, 3.63) is 54.0 Å². The zero-order chi connectivity index (χ0) is 24.5. The van der Waals surface area contributed by atoms with Crippen LogP contribution in [0.2, 0.25) is 0 Å². The van der Waals surface area contributed by atoms with Crippen molar-refractivity contribution in [3.8, 4) is 11.6 Å². The van der Waals surface area contributed by atoms with E-state index in [4.69, 9.17) is 4.98 Å². The summed E-state index contributed by atoms with van der Waals surface area (Å²) in [6.07, 6.45) is 5.80. The van der Waals surface area contributed by atoms with Gasteiger partial charge in [-0.2, -0.15) is 4.39 Å². The number of anilines is 2. The number of hydrogen-bond acceptors (Lipinski definition) is 9. The molecule has 0 bridgehead atoms. The quantitative estimate of drug-likeness (QED) is 0.415. The highest BCUT2D eigenvalue weighted by Crippen LogP contribution is 2.34. The molecule has 3 aromatic heterocycles. The maximum Gasteiger partial charge on any atom is 0.216 e. The Balaban J connectivity index is 1.36. The van der Waals surface area contributed by atoms with Crippen LogP contribution in [-0.2, 0) is 17.5 Å². The molecule has 12 heteroatoms. The first-order chi connectivity index (χ1) is 16.9. The van der Waals surface area contributed by atoms with E-state index in [2.05, 4.69) is 29.7 Å². The fourth-order valence-corrected chi connectivity index (χ4v) is 5.43. The van der Waals surface area contributed by atoms with Crippen molar-refractivity contribution in [2.24, 2.45) is 0 Å². The minimum Gasteiger partial charge on any atom is -0.368 e. The van der Waals surface area contributed by atoms with Crippen molar-refractivity contribution in [2.75, 3.05) is 41.9 Å². The molecular weight excluding hydrogens is 471 g/mol. The van der Waals surface area contributed by atoms with Crippen molar-refractivity contribution in [1.82, 2.24) is 29.8 Å². The maximum absolute atomic E-state index is 14.7. The number of hydrogen-bond donors (Lipinski definition) is 1. The molecule has 3 unspecified atom stereocenters. The predicted octanol–water partition coefficient (Wildman–Crippen LogP) is 2.28. The molecule has 0 amide bonds. The van der Waals surface area contributed by atoms with Crippen LogP contribution in [0.15, 0.2) is 36.8 Å². The minimum absolute atomic E-state index is 0.0697. The molecule has 5 heterocycles. The second-order valence-electron chi connectivity index (χ2n) is 8.85. The van der Waals surface area contributed by atoms with Crippen LogP contribution in [0.5, 0.6) is 0 Å². The molecule has 10 nitrogen and oxygen atoms in total. The molecule has 1 saturated heterocycles. The van der Waals surface area contributed by atoms with E-state index < -0.39 is 17.0 Å². The van der Waals surface area contributed by atoms with Gasteiger partial charge >= 0.3 is 0 Å². The third-order valence-electron chi connectivity index (χ3n) is 6.64. The van der Waals surface area contributed by atoms with Crippen LogP contribution < -0.4 is 9.80 Å². The summed E-state index contributed by atoms with van der Waals surface area (Å²) in [5.41, 5.74) is 2.67. The van der Waals surface area contributed by atoms with Gasteiger partial charge < -0.3 is 14.4 Å². The standard InChI is InChI=1S/C23H27FN8O2S/c1-15-13-30(8-9-31(15)14-35(33)34)17-10-20(24)29-21(11-17)32-7-4-19-18(16(32)2)12-27-23(28-19)22-25-5-3-6-26-22/h3,5-6,10-12,15-16H,4,7-9,13-14H2,1-2H3,(H,33,34).